The number of rotatable bonds is 0. The first-order valence-electron chi connectivity index (χ1n) is 8.90. The van der Waals surface area contributed by atoms with Crippen LogP contribution < -0.4 is 0 Å². The minimum atomic E-state index is -0.0229. The first-order valence-corrected chi connectivity index (χ1v) is 8.90. The third kappa shape index (κ3) is 1.59. The fraction of sp³-hybridized carbons (Fsp3) is 0.895. The van der Waals surface area contributed by atoms with Crippen molar-refractivity contribution in [2.45, 2.75) is 71.3 Å². The zero-order valence-corrected chi connectivity index (χ0v) is 13.1. The average molecular weight is 274 g/mol. The Morgan fingerprint density at radius 2 is 1.70 bits per heavy atom. The number of hydrogen-bond donors (Lipinski definition) is 1. The van der Waals surface area contributed by atoms with Gasteiger partial charge in [0, 0.05) is 0 Å². The van der Waals surface area contributed by atoms with E-state index in [0.717, 1.165) is 30.1 Å². The third-order valence-electron chi connectivity index (χ3n) is 8.11. The average Bonchev–Trinajstić information content (AvgIpc) is 2.74. The van der Waals surface area contributed by atoms with Crippen LogP contribution in [-0.2, 0) is 0 Å². The van der Waals surface area contributed by atoms with E-state index in [4.69, 9.17) is 0 Å². The molecule has 4 aliphatic carbocycles. The van der Waals surface area contributed by atoms with Crippen LogP contribution in [0.3, 0.4) is 0 Å². The molecule has 0 aromatic heterocycles. The van der Waals surface area contributed by atoms with E-state index in [1.807, 2.05) is 0 Å². The molecule has 0 radical (unpaired) electrons. The maximum Gasteiger partial charge on any atom is 0.0596 e. The lowest BCUT2D eigenvalue weighted by molar-refractivity contribution is -0.104. The molecular formula is C19H30O. The van der Waals surface area contributed by atoms with E-state index in [9.17, 15) is 5.11 Å². The van der Waals surface area contributed by atoms with Crippen molar-refractivity contribution in [3.8, 4) is 0 Å². The van der Waals surface area contributed by atoms with Gasteiger partial charge in [0.05, 0.1) is 6.10 Å². The van der Waals surface area contributed by atoms with Gasteiger partial charge in [0.15, 0.2) is 0 Å². The summed E-state index contributed by atoms with van der Waals surface area (Å²) in [4.78, 5) is 0. The first kappa shape index (κ1) is 13.4. The van der Waals surface area contributed by atoms with Gasteiger partial charge >= 0.3 is 0 Å². The van der Waals surface area contributed by atoms with Crippen molar-refractivity contribution < 1.29 is 5.11 Å². The highest BCUT2D eigenvalue weighted by molar-refractivity contribution is 5.13. The molecule has 1 heteroatoms. The molecule has 112 valence electrons. The van der Waals surface area contributed by atoms with Gasteiger partial charge in [-0.05, 0) is 85.9 Å². The van der Waals surface area contributed by atoms with E-state index in [1.165, 1.54) is 44.9 Å². The Balaban J connectivity index is 1.67. The van der Waals surface area contributed by atoms with Crippen molar-refractivity contribution in [2.75, 3.05) is 0 Å². The lowest BCUT2D eigenvalue weighted by Crippen LogP contribution is -2.52. The molecule has 0 aromatic carbocycles. The number of fused-ring (bicyclic) bond motifs is 5. The van der Waals surface area contributed by atoms with Crippen LogP contribution in [0, 0.1) is 34.5 Å². The second kappa shape index (κ2) is 4.35. The molecule has 4 aliphatic rings. The van der Waals surface area contributed by atoms with Crippen LogP contribution in [0.15, 0.2) is 12.2 Å². The van der Waals surface area contributed by atoms with Crippen LogP contribution in [0.5, 0.6) is 0 Å². The smallest absolute Gasteiger partial charge is 0.0596 e. The van der Waals surface area contributed by atoms with Gasteiger partial charge < -0.3 is 5.11 Å². The van der Waals surface area contributed by atoms with Gasteiger partial charge in [0.2, 0.25) is 0 Å². The lowest BCUT2D eigenvalue weighted by Gasteiger charge is -2.59. The summed E-state index contributed by atoms with van der Waals surface area (Å²) in [6, 6.07) is 0. The Bertz CT molecular complexity index is 427. The van der Waals surface area contributed by atoms with Crippen molar-refractivity contribution in [1.82, 2.24) is 0 Å². The van der Waals surface area contributed by atoms with Crippen LogP contribution in [0.2, 0.25) is 0 Å². The van der Waals surface area contributed by atoms with Gasteiger partial charge in [-0.3, -0.25) is 0 Å². The zero-order chi connectivity index (χ0) is 14.0. The third-order valence-corrected chi connectivity index (χ3v) is 8.11. The summed E-state index contributed by atoms with van der Waals surface area (Å²) in [7, 11) is 0. The fourth-order valence-corrected chi connectivity index (χ4v) is 6.80. The number of hydrogen-bond acceptors (Lipinski definition) is 1. The Kier molecular flexibility index (Phi) is 2.91. The Morgan fingerprint density at radius 3 is 2.55 bits per heavy atom. The first-order chi connectivity index (χ1) is 9.56. The highest BCUT2D eigenvalue weighted by Gasteiger charge is 2.59. The largest absolute Gasteiger partial charge is 0.393 e. The van der Waals surface area contributed by atoms with Crippen LogP contribution in [0.25, 0.3) is 0 Å². The summed E-state index contributed by atoms with van der Waals surface area (Å²) in [6.07, 6.45) is 15.4. The standard InChI is InChI=1S/C19H30O/c1-18-11-4-3-5-13(18)6-7-14-15-8-9-17(20)19(15,2)12-10-16(14)18/h3,5,13-17,20H,4,6-12H2,1-2H3/t13-,14+,15-,16+,17-,18+,19-/m0/s1. The van der Waals surface area contributed by atoms with Crippen molar-refractivity contribution in [2.24, 2.45) is 34.5 Å². The van der Waals surface area contributed by atoms with Crippen LogP contribution in [0.4, 0.5) is 0 Å². The normalized spacial score (nSPS) is 57.9. The summed E-state index contributed by atoms with van der Waals surface area (Å²) >= 11 is 0. The molecule has 0 amide bonds. The summed E-state index contributed by atoms with van der Waals surface area (Å²) in [5.41, 5.74) is 0.807. The monoisotopic (exact) mass is 274 g/mol. The Hall–Kier alpha value is -0.300. The molecule has 3 fully saturated rings. The molecule has 0 aliphatic heterocycles. The van der Waals surface area contributed by atoms with Gasteiger partial charge in [0.1, 0.15) is 0 Å². The van der Waals surface area contributed by atoms with Gasteiger partial charge in [-0.1, -0.05) is 26.0 Å². The Morgan fingerprint density at radius 1 is 0.900 bits per heavy atom. The van der Waals surface area contributed by atoms with Crippen LogP contribution in [0.1, 0.15) is 65.2 Å². The second-order valence-electron chi connectivity index (χ2n) is 8.67. The van der Waals surface area contributed by atoms with E-state index in [2.05, 4.69) is 26.0 Å². The fourth-order valence-electron chi connectivity index (χ4n) is 6.80. The minimum Gasteiger partial charge on any atom is -0.393 e. The molecule has 0 spiro atoms. The van der Waals surface area contributed by atoms with E-state index in [0.29, 0.717) is 5.41 Å². The van der Waals surface area contributed by atoms with Gasteiger partial charge in [-0.2, -0.15) is 0 Å². The molecule has 7 atom stereocenters. The molecule has 0 heterocycles. The van der Waals surface area contributed by atoms with Crippen LogP contribution in [-0.4, -0.2) is 11.2 Å². The molecule has 20 heavy (non-hydrogen) atoms. The van der Waals surface area contributed by atoms with E-state index < -0.39 is 0 Å². The predicted molar refractivity (Wildman–Crippen MR) is 82.3 cm³/mol. The van der Waals surface area contributed by atoms with Gasteiger partial charge in [-0.15, -0.1) is 0 Å². The predicted octanol–water partition coefficient (Wildman–Crippen LogP) is 4.56. The van der Waals surface area contributed by atoms with Crippen molar-refractivity contribution in [1.29, 1.82) is 0 Å². The van der Waals surface area contributed by atoms with Crippen molar-refractivity contribution in [3.05, 3.63) is 12.2 Å². The van der Waals surface area contributed by atoms with E-state index >= 15 is 0 Å². The maximum atomic E-state index is 10.5. The summed E-state index contributed by atoms with van der Waals surface area (Å²) in [5, 5.41) is 10.5. The second-order valence-corrected chi connectivity index (χ2v) is 8.67. The quantitative estimate of drug-likeness (QED) is 0.642. The highest BCUT2D eigenvalue weighted by Crippen LogP contribution is 2.65. The van der Waals surface area contributed by atoms with Gasteiger partial charge in [-0.25, -0.2) is 0 Å². The number of allylic oxidation sites excluding steroid dienone is 2. The molecule has 1 nitrogen and oxygen atoms in total. The van der Waals surface area contributed by atoms with Crippen LogP contribution >= 0.6 is 0 Å². The van der Waals surface area contributed by atoms with Crippen molar-refractivity contribution >= 4 is 0 Å². The Labute approximate surface area is 123 Å². The SMILES string of the molecule is C[C@@]12CCC=C[C@H]1CC[C@H]1[C@H]2CC[C@]2(C)[C@@H](O)CC[C@@H]12. The summed E-state index contributed by atoms with van der Waals surface area (Å²) in [5.74, 6) is 3.47. The lowest BCUT2D eigenvalue weighted by atomic mass is 9.46. The topological polar surface area (TPSA) is 20.2 Å². The summed E-state index contributed by atoms with van der Waals surface area (Å²) < 4.78 is 0. The minimum absolute atomic E-state index is 0.0229. The molecule has 0 aromatic rings. The van der Waals surface area contributed by atoms with Gasteiger partial charge in [0.25, 0.3) is 0 Å². The molecular weight excluding hydrogens is 244 g/mol. The molecule has 4 rings (SSSR count). The van der Waals surface area contributed by atoms with Crippen molar-refractivity contribution in [3.63, 3.8) is 0 Å². The highest BCUT2D eigenvalue weighted by atomic mass is 16.3. The molecule has 0 bridgehead atoms. The molecule has 1 N–H and O–H groups in total. The van der Waals surface area contributed by atoms with E-state index in [-0.39, 0.29) is 11.5 Å². The number of aliphatic hydroxyl groups excluding tert-OH is 1. The maximum absolute atomic E-state index is 10.5. The zero-order valence-electron chi connectivity index (χ0n) is 13.1. The number of aliphatic hydroxyl groups is 1. The molecule has 0 unspecified atom stereocenters. The van der Waals surface area contributed by atoms with E-state index in [1.54, 1.807) is 0 Å². The molecule has 3 saturated carbocycles. The molecule has 0 saturated heterocycles. The summed E-state index contributed by atoms with van der Waals surface area (Å²) in [6.45, 7) is 4.98.